The predicted molar refractivity (Wildman–Crippen MR) is 83.1 cm³/mol. The van der Waals surface area contributed by atoms with Gasteiger partial charge in [0.15, 0.2) is 5.96 Å². The molecule has 1 aliphatic heterocycles. The van der Waals surface area contributed by atoms with Crippen LogP contribution in [0, 0.1) is 0 Å². The molecular formula is C15H28N4O2. The van der Waals surface area contributed by atoms with E-state index < -0.39 is 0 Å². The number of guanidine groups is 1. The van der Waals surface area contributed by atoms with Crippen LogP contribution in [0.2, 0.25) is 0 Å². The Morgan fingerprint density at radius 3 is 2.76 bits per heavy atom. The maximum absolute atomic E-state index is 12.2. The zero-order valence-corrected chi connectivity index (χ0v) is 13.3. The van der Waals surface area contributed by atoms with Gasteiger partial charge in [0.1, 0.15) is 6.54 Å². The first-order valence-electron chi connectivity index (χ1n) is 8.00. The Morgan fingerprint density at radius 1 is 1.38 bits per heavy atom. The maximum atomic E-state index is 12.2. The van der Waals surface area contributed by atoms with Crippen molar-refractivity contribution in [3.05, 3.63) is 0 Å². The Hall–Kier alpha value is -1.30. The van der Waals surface area contributed by atoms with Gasteiger partial charge in [0.05, 0.1) is 12.7 Å². The summed E-state index contributed by atoms with van der Waals surface area (Å²) in [6.45, 7) is 4.30. The van der Waals surface area contributed by atoms with E-state index in [9.17, 15) is 4.79 Å². The highest BCUT2D eigenvalue weighted by Gasteiger charge is 2.22. The number of carbonyl (C=O) groups is 1. The van der Waals surface area contributed by atoms with Gasteiger partial charge in [0.2, 0.25) is 5.91 Å². The monoisotopic (exact) mass is 296 g/mol. The van der Waals surface area contributed by atoms with Crippen LogP contribution in [0.1, 0.15) is 39.0 Å². The molecular weight excluding hydrogens is 268 g/mol. The van der Waals surface area contributed by atoms with E-state index >= 15 is 0 Å². The lowest BCUT2D eigenvalue weighted by atomic mass is 9.94. The van der Waals surface area contributed by atoms with Gasteiger partial charge in [-0.05, 0) is 19.8 Å². The number of morpholine rings is 1. The van der Waals surface area contributed by atoms with Crippen LogP contribution in [0.15, 0.2) is 4.99 Å². The standard InChI is InChI=1S/C15H28N4O2/c1-12-11-19(8-9-21-12)15(16)17-10-14(20)18(2)13-6-4-3-5-7-13/h12-13H,3-11H2,1-2H3,(H2,16,17). The number of amides is 1. The third kappa shape index (κ3) is 4.59. The van der Waals surface area contributed by atoms with Gasteiger partial charge in [-0.25, -0.2) is 4.99 Å². The summed E-state index contributed by atoms with van der Waals surface area (Å²) in [5.74, 6) is 0.515. The van der Waals surface area contributed by atoms with Crippen molar-refractivity contribution in [1.82, 2.24) is 9.80 Å². The van der Waals surface area contributed by atoms with Gasteiger partial charge < -0.3 is 20.3 Å². The molecule has 1 unspecified atom stereocenters. The largest absolute Gasteiger partial charge is 0.375 e. The fourth-order valence-electron chi connectivity index (χ4n) is 3.06. The second kappa shape index (κ2) is 7.64. The van der Waals surface area contributed by atoms with Crippen LogP contribution in [0.5, 0.6) is 0 Å². The average Bonchev–Trinajstić information content (AvgIpc) is 2.52. The van der Waals surface area contributed by atoms with E-state index in [1.807, 2.05) is 23.8 Å². The van der Waals surface area contributed by atoms with Crippen LogP contribution >= 0.6 is 0 Å². The van der Waals surface area contributed by atoms with Crippen LogP contribution in [-0.2, 0) is 9.53 Å². The van der Waals surface area contributed by atoms with Gasteiger partial charge in [0, 0.05) is 26.2 Å². The normalized spacial score (nSPS) is 25.0. The number of nitrogens with two attached hydrogens (primary N) is 1. The van der Waals surface area contributed by atoms with Gasteiger partial charge in [-0.3, -0.25) is 4.79 Å². The van der Waals surface area contributed by atoms with E-state index in [1.54, 1.807) is 0 Å². The molecule has 6 nitrogen and oxygen atoms in total. The Kier molecular flexibility index (Phi) is 5.85. The number of carbonyl (C=O) groups excluding carboxylic acids is 1. The summed E-state index contributed by atoms with van der Waals surface area (Å²) in [6.07, 6.45) is 6.12. The topological polar surface area (TPSA) is 71.2 Å². The summed E-state index contributed by atoms with van der Waals surface area (Å²) >= 11 is 0. The van der Waals surface area contributed by atoms with Crippen LogP contribution in [0.3, 0.4) is 0 Å². The summed E-state index contributed by atoms with van der Waals surface area (Å²) < 4.78 is 5.47. The van der Waals surface area contributed by atoms with Crippen molar-refractivity contribution in [3.8, 4) is 0 Å². The SMILES string of the molecule is CC1CN(C(N)=NCC(=O)N(C)C2CCCCC2)CCO1. The van der Waals surface area contributed by atoms with E-state index in [1.165, 1.54) is 19.3 Å². The molecule has 1 atom stereocenters. The fraction of sp³-hybridized carbons (Fsp3) is 0.867. The van der Waals surface area contributed by atoms with Gasteiger partial charge >= 0.3 is 0 Å². The molecule has 120 valence electrons. The second-order valence-electron chi connectivity index (χ2n) is 6.10. The lowest BCUT2D eigenvalue weighted by Crippen LogP contribution is -2.48. The number of aliphatic imine (C=N–C) groups is 1. The molecule has 0 aromatic rings. The molecule has 0 spiro atoms. The van der Waals surface area contributed by atoms with E-state index in [2.05, 4.69) is 4.99 Å². The zero-order chi connectivity index (χ0) is 15.2. The van der Waals surface area contributed by atoms with Gasteiger partial charge in [-0.1, -0.05) is 19.3 Å². The van der Waals surface area contributed by atoms with Crippen molar-refractivity contribution in [2.24, 2.45) is 10.7 Å². The first-order chi connectivity index (χ1) is 10.1. The quantitative estimate of drug-likeness (QED) is 0.618. The summed E-state index contributed by atoms with van der Waals surface area (Å²) in [7, 11) is 1.89. The lowest BCUT2D eigenvalue weighted by Gasteiger charge is -2.32. The van der Waals surface area contributed by atoms with Crippen molar-refractivity contribution in [3.63, 3.8) is 0 Å². The first kappa shape index (κ1) is 16.1. The Bertz CT molecular complexity index is 380. The minimum atomic E-state index is 0.0613. The fourth-order valence-corrected chi connectivity index (χ4v) is 3.06. The van der Waals surface area contributed by atoms with Gasteiger partial charge in [-0.2, -0.15) is 0 Å². The Labute approximate surface area is 127 Å². The second-order valence-corrected chi connectivity index (χ2v) is 6.10. The number of ether oxygens (including phenoxy) is 1. The number of hydrogen-bond donors (Lipinski definition) is 1. The number of nitrogens with zero attached hydrogens (tertiary/aromatic N) is 3. The van der Waals surface area contributed by atoms with Crippen LogP contribution in [0.4, 0.5) is 0 Å². The van der Waals surface area contributed by atoms with Crippen molar-refractivity contribution in [1.29, 1.82) is 0 Å². The van der Waals surface area contributed by atoms with Crippen molar-refractivity contribution in [2.75, 3.05) is 33.3 Å². The molecule has 0 radical (unpaired) electrons. The third-order valence-corrected chi connectivity index (χ3v) is 4.46. The smallest absolute Gasteiger partial charge is 0.244 e. The predicted octanol–water partition coefficient (Wildman–Crippen LogP) is 0.813. The highest BCUT2D eigenvalue weighted by molar-refractivity contribution is 5.84. The first-order valence-corrected chi connectivity index (χ1v) is 8.00. The molecule has 2 rings (SSSR count). The molecule has 1 heterocycles. The number of hydrogen-bond acceptors (Lipinski definition) is 3. The summed E-state index contributed by atoms with van der Waals surface area (Å²) in [5, 5.41) is 0. The van der Waals surface area contributed by atoms with Crippen molar-refractivity contribution in [2.45, 2.75) is 51.2 Å². The molecule has 21 heavy (non-hydrogen) atoms. The number of rotatable bonds is 3. The van der Waals surface area contributed by atoms with Crippen molar-refractivity contribution >= 4 is 11.9 Å². The van der Waals surface area contributed by atoms with E-state index in [0.717, 1.165) is 25.9 Å². The molecule has 0 bridgehead atoms. The minimum Gasteiger partial charge on any atom is -0.375 e. The van der Waals surface area contributed by atoms with Crippen LogP contribution in [0.25, 0.3) is 0 Å². The third-order valence-electron chi connectivity index (χ3n) is 4.46. The van der Waals surface area contributed by atoms with Gasteiger partial charge in [-0.15, -0.1) is 0 Å². The lowest BCUT2D eigenvalue weighted by molar-refractivity contribution is -0.130. The molecule has 2 aliphatic rings. The van der Waals surface area contributed by atoms with Gasteiger partial charge in [0.25, 0.3) is 0 Å². The molecule has 6 heteroatoms. The molecule has 2 fully saturated rings. The average molecular weight is 296 g/mol. The summed E-state index contributed by atoms with van der Waals surface area (Å²) in [5.41, 5.74) is 5.99. The summed E-state index contributed by atoms with van der Waals surface area (Å²) in [6, 6.07) is 0.381. The van der Waals surface area contributed by atoms with E-state index in [4.69, 9.17) is 10.5 Å². The van der Waals surface area contributed by atoms with E-state index in [-0.39, 0.29) is 18.6 Å². The molecule has 1 aliphatic carbocycles. The number of likely N-dealkylation sites (N-methyl/N-ethyl adjacent to an activating group) is 1. The summed E-state index contributed by atoms with van der Waals surface area (Å²) in [4.78, 5) is 20.3. The maximum Gasteiger partial charge on any atom is 0.244 e. The van der Waals surface area contributed by atoms with Crippen LogP contribution in [-0.4, -0.2) is 67.1 Å². The Morgan fingerprint density at radius 2 is 2.10 bits per heavy atom. The molecule has 1 saturated carbocycles. The molecule has 1 saturated heterocycles. The molecule has 2 N–H and O–H groups in total. The molecule has 0 aromatic heterocycles. The Balaban J connectivity index is 1.82. The van der Waals surface area contributed by atoms with Crippen molar-refractivity contribution < 1.29 is 9.53 Å². The highest BCUT2D eigenvalue weighted by atomic mass is 16.5. The van der Waals surface area contributed by atoms with Crippen LogP contribution < -0.4 is 5.73 Å². The zero-order valence-electron chi connectivity index (χ0n) is 13.3. The van der Waals surface area contributed by atoms with E-state index in [0.29, 0.717) is 18.6 Å². The molecule has 0 aromatic carbocycles. The highest BCUT2D eigenvalue weighted by Crippen LogP contribution is 2.21. The molecule has 1 amide bonds. The minimum absolute atomic E-state index is 0.0613.